The summed E-state index contributed by atoms with van der Waals surface area (Å²) in [7, 11) is 3.16. The first-order valence-corrected chi connectivity index (χ1v) is 12.2. The third kappa shape index (κ3) is 5.08. The highest BCUT2D eigenvalue weighted by atomic mass is 32.2. The Balaban J connectivity index is 1.76. The maximum absolute atomic E-state index is 13.3. The summed E-state index contributed by atoms with van der Waals surface area (Å²) in [6, 6.07) is 4.81. The lowest BCUT2D eigenvalue weighted by Gasteiger charge is -2.37. The molecule has 9 nitrogen and oxygen atoms in total. The summed E-state index contributed by atoms with van der Waals surface area (Å²) >= 11 is 1.42. The van der Waals surface area contributed by atoms with Gasteiger partial charge in [0, 0.05) is 24.4 Å². The van der Waals surface area contributed by atoms with Crippen molar-refractivity contribution >= 4 is 28.8 Å². The molecule has 0 aromatic heterocycles. The summed E-state index contributed by atoms with van der Waals surface area (Å²) < 4.78 is 22.0. The Morgan fingerprint density at radius 1 is 1.26 bits per heavy atom. The molecule has 0 saturated carbocycles. The molecule has 1 amide bonds. The van der Waals surface area contributed by atoms with Gasteiger partial charge in [0.1, 0.15) is 18.1 Å². The van der Waals surface area contributed by atoms with E-state index in [-0.39, 0.29) is 18.9 Å². The van der Waals surface area contributed by atoms with Gasteiger partial charge < -0.3 is 28.7 Å². The number of aliphatic imine (C=N–C) groups is 1. The lowest BCUT2D eigenvalue weighted by atomic mass is 9.92. The summed E-state index contributed by atoms with van der Waals surface area (Å²) in [6.07, 6.45) is 1.69. The van der Waals surface area contributed by atoms with Gasteiger partial charge in [-0.1, -0.05) is 24.4 Å². The Bertz CT molecular complexity index is 1110. The van der Waals surface area contributed by atoms with Crippen LogP contribution >= 0.6 is 11.8 Å². The van der Waals surface area contributed by atoms with Gasteiger partial charge in [0.15, 0.2) is 5.17 Å². The van der Waals surface area contributed by atoms with Gasteiger partial charge in [-0.05, 0) is 30.5 Å². The molecule has 0 radical (unpaired) electrons. The summed E-state index contributed by atoms with van der Waals surface area (Å²) in [4.78, 5) is 34.8. The normalized spacial score (nSPS) is 19.6. The number of carbonyl (C=O) groups excluding carboxylic acids is 2. The third-order valence-electron chi connectivity index (χ3n) is 5.98. The average molecular weight is 500 g/mol. The smallest absolute Gasteiger partial charge is 0.338 e. The molecule has 3 aliphatic rings. The number of nitrogens with zero attached hydrogens (tertiary/aromatic N) is 3. The lowest BCUT2D eigenvalue weighted by molar-refractivity contribution is -0.138. The van der Waals surface area contributed by atoms with Crippen LogP contribution in [-0.2, 0) is 19.1 Å². The third-order valence-corrected chi connectivity index (χ3v) is 6.87. The number of esters is 1. The Kier molecular flexibility index (Phi) is 7.82. The number of morpholine rings is 1. The topological polar surface area (TPSA) is 89.9 Å². The van der Waals surface area contributed by atoms with Crippen LogP contribution in [0.4, 0.5) is 0 Å². The number of fused-ring (bicyclic) bond motifs is 1. The molecule has 1 aromatic carbocycles. The number of amidine groups is 1. The Hall–Kier alpha value is -3.24. The van der Waals surface area contributed by atoms with Crippen molar-refractivity contribution in [3.8, 4) is 11.5 Å². The number of carbonyl (C=O) groups is 2. The second kappa shape index (κ2) is 11.0. The number of thioether (sulfide) groups is 1. The molecular weight excluding hydrogens is 470 g/mol. The molecule has 1 saturated heterocycles. The van der Waals surface area contributed by atoms with Crippen molar-refractivity contribution in [1.29, 1.82) is 0 Å². The lowest BCUT2D eigenvalue weighted by Crippen LogP contribution is -2.42. The van der Waals surface area contributed by atoms with Crippen LogP contribution in [0.15, 0.2) is 58.2 Å². The first kappa shape index (κ1) is 24.9. The highest BCUT2D eigenvalue weighted by molar-refractivity contribution is 8.16. The van der Waals surface area contributed by atoms with E-state index in [1.165, 1.54) is 17.8 Å². The molecule has 3 heterocycles. The van der Waals surface area contributed by atoms with Crippen LogP contribution in [-0.4, -0.2) is 74.0 Å². The molecular formula is C25H29N3O6S. The minimum atomic E-state index is -0.622. The molecule has 4 rings (SSSR count). The molecule has 186 valence electrons. The number of hydrogen-bond donors (Lipinski definition) is 0. The van der Waals surface area contributed by atoms with Crippen molar-refractivity contribution in [3.63, 3.8) is 0 Å². The predicted molar refractivity (Wildman–Crippen MR) is 133 cm³/mol. The van der Waals surface area contributed by atoms with E-state index in [0.29, 0.717) is 59.8 Å². The van der Waals surface area contributed by atoms with Crippen molar-refractivity contribution in [1.82, 2.24) is 9.80 Å². The molecule has 10 heteroatoms. The van der Waals surface area contributed by atoms with E-state index in [0.717, 1.165) is 5.70 Å². The van der Waals surface area contributed by atoms with E-state index in [1.807, 2.05) is 16.4 Å². The zero-order chi connectivity index (χ0) is 24.9. The van der Waals surface area contributed by atoms with E-state index in [9.17, 15) is 9.59 Å². The second-order valence-electron chi connectivity index (χ2n) is 8.06. The molecule has 0 spiro atoms. The van der Waals surface area contributed by atoms with E-state index in [1.54, 1.807) is 38.2 Å². The molecule has 1 fully saturated rings. The van der Waals surface area contributed by atoms with Gasteiger partial charge in [0.05, 0.1) is 51.2 Å². The molecule has 0 bridgehead atoms. The first-order chi connectivity index (χ1) is 17.0. The fourth-order valence-corrected chi connectivity index (χ4v) is 5.23. The standard InChI is InChI=1S/C25H29N3O6S/c1-5-10-34-24(30)22-16(2)26-25-28(23(22)19-14-18(31-3)6-7-20(19)32-4)17(15-35-25)13-21(29)27-8-11-33-12-9-27/h5-7,14-15,23H,1,8-13H2,2-4H3/t23-/m1/s1. The van der Waals surface area contributed by atoms with E-state index < -0.39 is 12.0 Å². The molecule has 1 aromatic rings. The highest BCUT2D eigenvalue weighted by Gasteiger charge is 2.42. The van der Waals surface area contributed by atoms with Crippen LogP contribution in [0.3, 0.4) is 0 Å². The number of allylic oxidation sites excluding steroid dienone is 1. The van der Waals surface area contributed by atoms with Crippen molar-refractivity contribution < 1.29 is 28.5 Å². The van der Waals surface area contributed by atoms with E-state index >= 15 is 0 Å². The van der Waals surface area contributed by atoms with E-state index in [2.05, 4.69) is 11.6 Å². The van der Waals surface area contributed by atoms with Gasteiger partial charge >= 0.3 is 5.97 Å². The summed E-state index contributed by atoms with van der Waals surface area (Å²) in [6.45, 7) is 7.67. The second-order valence-corrected chi connectivity index (χ2v) is 8.89. The quantitative estimate of drug-likeness (QED) is 0.398. The fraction of sp³-hybridized carbons (Fsp3) is 0.400. The van der Waals surface area contributed by atoms with Gasteiger partial charge in [-0.2, -0.15) is 0 Å². The van der Waals surface area contributed by atoms with Crippen LogP contribution in [0.2, 0.25) is 0 Å². The summed E-state index contributed by atoms with van der Waals surface area (Å²) in [5.41, 5.74) is 2.37. The minimum absolute atomic E-state index is 0.000170. The molecule has 0 N–H and O–H groups in total. The Morgan fingerprint density at radius 3 is 2.71 bits per heavy atom. The van der Waals surface area contributed by atoms with Crippen LogP contribution < -0.4 is 9.47 Å². The summed E-state index contributed by atoms with van der Waals surface area (Å²) in [5, 5.41) is 2.60. The molecule has 1 atom stereocenters. The molecule has 0 aliphatic carbocycles. The number of hydrogen-bond acceptors (Lipinski definition) is 9. The molecule has 0 unspecified atom stereocenters. The number of amides is 1. The predicted octanol–water partition coefficient (Wildman–Crippen LogP) is 3.26. The van der Waals surface area contributed by atoms with Crippen molar-refractivity contribution in [3.05, 3.63) is 58.8 Å². The van der Waals surface area contributed by atoms with Gasteiger partial charge in [-0.15, -0.1) is 0 Å². The maximum atomic E-state index is 13.3. The molecule has 3 aliphatic heterocycles. The zero-order valence-corrected chi connectivity index (χ0v) is 20.9. The van der Waals surface area contributed by atoms with Gasteiger partial charge in [0.25, 0.3) is 0 Å². The number of ether oxygens (including phenoxy) is 4. The SMILES string of the molecule is C=CCOC(=O)C1=C(C)N=C2SC=C(CC(=O)N3CCOCC3)N2[C@@H]1c1cc(OC)ccc1OC. The van der Waals surface area contributed by atoms with Gasteiger partial charge in [0.2, 0.25) is 5.91 Å². The number of benzene rings is 1. The van der Waals surface area contributed by atoms with Crippen LogP contribution in [0.25, 0.3) is 0 Å². The molecule has 35 heavy (non-hydrogen) atoms. The largest absolute Gasteiger partial charge is 0.497 e. The van der Waals surface area contributed by atoms with E-state index in [4.69, 9.17) is 18.9 Å². The van der Waals surface area contributed by atoms with Crippen molar-refractivity contribution in [2.45, 2.75) is 19.4 Å². The van der Waals surface area contributed by atoms with Crippen LogP contribution in [0.5, 0.6) is 11.5 Å². The van der Waals surface area contributed by atoms with Crippen molar-refractivity contribution in [2.75, 3.05) is 47.1 Å². The minimum Gasteiger partial charge on any atom is -0.497 e. The van der Waals surface area contributed by atoms with Crippen molar-refractivity contribution in [2.24, 2.45) is 4.99 Å². The van der Waals surface area contributed by atoms with Crippen LogP contribution in [0, 0.1) is 0 Å². The zero-order valence-electron chi connectivity index (χ0n) is 20.1. The monoisotopic (exact) mass is 499 g/mol. The van der Waals surface area contributed by atoms with Gasteiger partial charge in [-0.25, -0.2) is 9.79 Å². The maximum Gasteiger partial charge on any atom is 0.338 e. The number of rotatable bonds is 8. The average Bonchev–Trinajstić information content (AvgIpc) is 3.28. The first-order valence-electron chi connectivity index (χ1n) is 11.3. The Morgan fingerprint density at radius 2 is 2.03 bits per heavy atom. The summed E-state index contributed by atoms with van der Waals surface area (Å²) in [5.74, 6) is 0.688. The number of methoxy groups -OCH3 is 2. The highest BCUT2D eigenvalue weighted by Crippen LogP contribution is 2.47. The Labute approximate surface area is 209 Å². The van der Waals surface area contributed by atoms with Gasteiger partial charge in [-0.3, -0.25) is 4.79 Å². The van der Waals surface area contributed by atoms with Crippen LogP contribution in [0.1, 0.15) is 24.9 Å². The fourth-order valence-electron chi connectivity index (χ4n) is 4.27.